The summed E-state index contributed by atoms with van der Waals surface area (Å²) in [5.74, 6) is -0.153. The number of anilines is 1. The van der Waals surface area contributed by atoms with Gasteiger partial charge < -0.3 is 10.3 Å². The lowest BCUT2D eigenvalue weighted by molar-refractivity contribution is -0.120. The van der Waals surface area contributed by atoms with Crippen LogP contribution in [0.5, 0.6) is 0 Å². The van der Waals surface area contributed by atoms with Crippen LogP contribution in [0, 0.1) is 6.92 Å². The number of H-pyrrole nitrogens is 1. The Morgan fingerprint density at radius 1 is 1.04 bits per heavy atom. The number of carbonyl (C=O) groups is 1. The molecule has 0 aliphatic rings. The van der Waals surface area contributed by atoms with E-state index in [0.29, 0.717) is 5.11 Å². The summed E-state index contributed by atoms with van der Waals surface area (Å²) in [5.41, 5.74) is 9.23. The minimum atomic E-state index is -0.153. The van der Waals surface area contributed by atoms with Gasteiger partial charge in [-0.1, -0.05) is 36.4 Å². The molecule has 0 saturated heterocycles. The van der Waals surface area contributed by atoms with Crippen molar-refractivity contribution in [3.05, 3.63) is 65.9 Å². The number of carbonyl (C=O) groups excluding carboxylic acids is 1. The predicted molar refractivity (Wildman–Crippen MR) is 101 cm³/mol. The van der Waals surface area contributed by atoms with E-state index >= 15 is 0 Å². The Morgan fingerprint density at radius 3 is 2.54 bits per heavy atom. The summed E-state index contributed by atoms with van der Waals surface area (Å²) in [6.45, 7) is 1.97. The fourth-order valence-electron chi connectivity index (χ4n) is 2.58. The predicted octanol–water partition coefficient (Wildman–Crippen LogP) is 3.04. The minimum absolute atomic E-state index is 0.153. The van der Waals surface area contributed by atoms with Crippen LogP contribution in [-0.4, -0.2) is 16.0 Å². The van der Waals surface area contributed by atoms with E-state index in [1.165, 1.54) is 0 Å². The molecule has 0 aliphatic heterocycles. The van der Waals surface area contributed by atoms with Gasteiger partial charge in [-0.25, -0.2) is 0 Å². The molecule has 3 aromatic rings. The van der Waals surface area contributed by atoms with Crippen LogP contribution in [0.1, 0.15) is 11.3 Å². The summed E-state index contributed by atoms with van der Waals surface area (Å²) in [5, 5.41) is 4.40. The number of thiocarbonyl (C=S) groups is 1. The average molecular weight is 338 g/mol. The minimum Gasteiger partial charge on any atom is -0.358 e. The van der Waals surface area contributed by atoms with Gasteiger partial charge in [0.1, 0.15) is 0 Å². The van der Waals surface area contributed by atoms with Gasteiger partial charge >= 0.3 is 0 Å². The Labute approximate surface area is 145 Å². The number of para-hydroxylation sites is 2. The zero-order chi connectivity index (χ0) is 16.9. The van der Waals surface area contributed by atoms with Crippen molar-refractivity contribution >= 4 is 39.8 Å². The van der Waals surface area contributed by atoms with Gasteiger partial charge in [-0.2, -0.15) is 0 Å². The lowest BCUT2D eigenvalue weighted by atomic mass is 10.1. The molecule has 1 heterocycles. The van der Waals surface area contributed by atoms with Crippen molar-refractivity contribution in [3.8, 4) is 0 Å². The van der Waals surface area contributed by atoms with E-state index in [2.05, 4.69) is 21.2 Å². The monoisotopic (exact) mass is 338 g/mol. The van der Waals surface area contributed by atoms with Crippen LogP contribution < -0.4 is 16.2 Å². The van der Waals surface area contributed by atoms with E-state index in [4.69, 9.17) is 12.2 Å². The van der Waals surface area contributed by atoms with Crippen molar-refractivity contribution in [2.45, 2.75) is 13.3 Å². The number of hydrazine groups is 1. The van der Waals surface area contributed by atoms with Crippen molar-refractivity contribution < 1.29 is 4.79 Å². The van der Waals surface area contributed by atoms with E-state index in [9.17, 15) is 4.79 Å². The molecule has 3 rings (SSSR count). The van der Waals surface area contributed by atoms with Crippen LogP contribution >= 0.6 is 12.2 Å². The fourth-order valence-corrected chi connectivity index (χ4v) is 2.75. The largest absolute Gasteiger partial charge is 0.358 e. The van der Waals surface area contributed by atoms with E-state index in [1.807, 2.05) is 61.5 Å². The van der Waals surface area contributed by atoms with Gasteiger partial charge in [-0.15, -0.1) is 0 Å². The zero-order valence-corrected chi connectivity index (χ0v) is 14.0. The van der Waals surface area contributed by atoms with Crippen LogP contribution in [0.2, 0.25) is 0 Å². The summed E-state index contributed by atoms with van der Waals surface area (Å²) in [6.07, 6.45) is 0.275. The fraction of sp³-hybridized carbons (Fsp3) is 0.111. The molecule has 0 saturated carbocycles. The molecule has 0 unspecified atom stereocenters. The maximum atomic E-state index is 12.2. The molecule has 1 aromatic heterocycles. The van der Waals surface area contributed by atoms with Gasteiger partial charge in [0.25, 0.3) is 0 Å². The molecule has 0 spiro atoms. The summed E-state index contributed by atoms with van der Waals surface area (Å²) >= 11 is 5.16. The summed E-state index contributed by atoms with van der Waals surface area (Å²) in [6, 6.07) is 17.5. The van der Waals surface area contributed by atoms with E-state index < -0.39 is 0 Å². The van der Waals surface area contributed by atoms with Crippen molar-refractivity contribution in [3.63, 3.8) is 0 Å². The third-order valence-corrected chi connectivity index (χ3v) is 3.92. The van der Waals surface area contributed by atoms with Gasteiger partial charge in [-0.3, -0.25) is 15.6 Å². The molecule has 1 amide bonds. The molecular formula is C18H18N4OS. The van der Waals surface area contributed by atoms with Crippen LogP contribution in [0.25, 0.3) is 10.9 Å². The number of nitrogens with one attached hydrogen (secondary N) is 4. The van der Waals surface area contributed by atoms with E-state index in [1.54, 1.807) is 0 Å². The molecule has 24 heavy (non-hydrogen) atoms. The molecule has 0 radical (unpaired) electrons. The highest BCUT2D eigenvalue weighted by atomic mass is 32.1. The second-order valence-electron chi connectivity index (χ2n) is 5.44. The number of hydrogen-bond donors (Lipinski definition) is 4. The smallest absolute Gasteiger partial charge is 0.242 e. The number of benzene rings is 2. The number of aromatic amines is 1. The number of aryl methyl sites for hydroxylation is 1. The molecule has 4 N–H and O–H groups in total. The van der Waals surface area contributed by atoms with Crippen LogP contribution in [0.3, 0.4) is 0 Å². The normalized spacial score (nSPS) is 10.4. The Balaban J connectivity index is 1.57. The first-order chi connectivity index (χ1) is 11.6. The molecule has 0 atom stereocenters. The number of rotatable bonds is 3. The SMILES string of the molecule is Cc1[nH]c2ccccc2c1CC(=O)NNC(=S)Nc1ccccc1. The summed E-state index contributed by atoms with van der Waals surface area (Å²) in [7, 11) is 0. The van der Waals surface area contributed by atoms with Gasteiger partial charge in [0.05, 0.1) is 6.42 Å². The number of aromatic nitrogens is 1. The Kier molecular flexibility index (Phi) is 4.77. The molecule has 6 heteroatoms. The standard InChI is InChI=1S/C18H18N4OS/c1-12-15(14-9-5-6-10-16(14)19-12)11-17(23)21-22-18(24)20-13-7-3-2-4-8-13/h2-10,19H,11H2,1H3,(H,21,23)(H2,20,22,24). The number of amides is 1. The molecule has 5 nitrogen and oxygen atoms in total. The van der Waals surface area contributed by atoms with Gasteiger partial charge in [0.15, 0.2) is 5.11 Å². The highest BCUT2D eigenvalue weighted by Gasteiger charge is 2.12. The molecule has 0 aliphatic carbocycles. The van der Waals surface area contributed by atoms with Crippen LogP contribution in [-0.2, 0) is 11.2 Å². The third kappa shape index (κ3) is 3.72. The highest BCUT2D eigenvalue weighted by Crippen LogP contribution is 2.22. The third-order valence-electron chi connectivity index (χ3n) is 3.71. The quantitative estimate of drug-likeness (QED) is 0.438. The summed E-state index contributed by atoms with van der Waals surface area (Å²) in [4.78, 5) is 15.5. The Morgan fingerprint density at radius 2 is 1.75 bits per heavy atom. The van der Waals surface area contributed by atoms with Crippen LogP contribution in [0.15, 0.2) is 54.6 Å². The van der Waals surface area contributed by atoms with Crippen molar-refractivity contribution in [2.75, 3.05) is 5.32 Å². The number of hydrogen-bond acceptors (Lipinski definition) is 2. The first-order valence-corrected chi connectivity index (χ1v) is 8.01. The van der Waals surface area contributed by atoms with E-state index in [-0.39, 0.29) is 12.3 Å². The average Bonchev–Trinajstić information content (AvgIpc) is 2.90. The van der Waals surface area contributed by atoms with Crippen molar-refractivity contribution in [2.24, 2.45) is 0 Å². The molecular weight excluding hydrogens is 320 g/mol. The van der Waals surface area contributed by atoms with E-state index in [0.717, 1.165) is 27.8 Å². The molecule has 2 aromatic carbocycles. The second kappa shape index (κ2) is 7.14. The van der Waals surface area contributed by atoms with Gasteiger partial charge in [0, 0.05) is 22.3 Å². The highest BCUT2D eigenvalue weighted by molar-refractivity contribution is 7.80. The Bertz CT molecular complexity index is 873. The maximum absolute atomic E-state index is 12.2. The van der Waals surface area contributed by atoms with Crippen molar-refractivity contribution in [1.29, 1.82) is 0 Å². The van der Waals surface area contributed by atoms with Crippen LogP contribution in [0.4, 0.5) is 5.69 Å². The first kappa shape index (κ1) is 16.0. The van der Waals surface area contributed by atoms with Gasteiger partial charge in [0.2, 0.25) is 5.91 Å². The van der Waals surface area contributed by atoms with Crippen molar-refractivity contribution in [1.82, 2.24) is 15.8 Å². The molecule has 122 valence electrons. The first-order valence-electron chi connectivity index (χ1n) is 7.60. The zero-order valence-electron chi connectivity index (χ0n) is 13.2. The topological polar surface area (TPSA) is 69.0 Å². The molecule has 0 bridgehead atoms. The Hall–Kier alpha value is -2.86. The molecule has 0 fully saturated rings. The number of fused-ring (bicyclic) bond motifs is 1. The maximum Gasteiger partial charge on any atom is 0.242 e. The second-order valence-corrected chi connectivity index (χ2v) is 5.85. The van der Waals surface area contributed by atoms with Gasteiger partial charge in [-0.05, 0) is 42.9 Å². The lowest BCUT2D eigenvalue weighted by Crippen LogP contribution is -2.44. The lowest BCUT2D eigenvalue weighted by Gasteiger charge is -2.11. The summed E-state index contributed by atoms with van der Waals surface area (Å²) < 4.78 is 0.